The van der Waals surface area contributed by atoms with E-state index in [-0.39, 0.29) is 6.04 Å². The second kappa shape index (κ2) is 5.57. The van der Waals surface area contributed by atoms with Crippen LogP contribution in [-0.4, -0.2) is 18.5 Å². The van der Waals surface area contributed by atoms with Crippen LogP contribution in [0.2, 0.25) is 0 Å². The molecular formula is C20H19N2O3+. The standard InChI is InChI=1S/C20H18N2O3/c1-23-17-7-3-2-5-14(17)20-15-6-4-8-22(15)16-10-19-18(24-12-25-19)9-13(16)11-21-20/h2-10,20-21H,11-12H2,1H3/p+1/t20-/m0/s1. The summed E-state index contributed by atoms with van der Waals surface area (Å²) in [5.41, 5.74) is 4.79. The van der Waals surface area contributed by atoms with E-state index in [2.05, 4.69) is 52.5 Å². The lowest BCUT2D eigenvalue weighted by atomic mass is 10.0. The van der Waals surface area contributed by atoms with E-state index in [4.69, 9.17) is 14.2 Å². The quantitative estimate of drug-likeness (QED) is 0.782. The molecule has 0 radical (unpaired) electrons. The molecule has 25 heavy (non-hydrogen) atoms. The van der Waals surface area contributed by atoms with Gasteiger partial charge in [-0.1, -0.05) is 12.1 Å². The Morgan fingerprint density at radius 2 is 1.92 bits per heavy atom. The molecule has 2 aliphatic rings. The van der Waals surface area contributed by atoms with E-state index in [1.54, 1.807) is 7.11 Å². The Bertz CT molecular complexity index is 948. The van der Waals surface area contributed by atoms with Crippen LogP contribution in [0, 0.1) is 0 Å². The number of rotatable bonds is 2. The number of para-hydroxylation sites is 1. The third-order valence-corrected chi connectivity index (χ3v) is 4.98. The molecule has 126 valence electrons. The van der Waals surface area contributed by atoms with Gasteiger partial charge in [0.1, 0.15) is 12.3 Å². The largest absolute Gasteiger partial charge is 0.496 e. The van der Waals surface area contributed by atoms with Gasteiger partial charge in [0.15, 0.2) is 17.5 Å². The van der Waals surface area contributed by atoms with Crippen LogP contribution in [0.5, 0.6) is 17.2 Å². The van der Waals surface area contributed by atoms with E-state index in [1.807, 2.05) is 12.1 Å². The molecule has 3 heterocycles. The number of nitrogens with zero attached hydrogens (tertiary/aromatic N) is 1. The fourth-order valence-electron chi connectivity index (χ4n) is 3.80. The van der Waals surface area contributed by atoms with Gasteiger partial charge in [0.05, 0.1) is 24.1 Å². The number of fused-ring (bicyclic) bond motifs is 4. The first-order chi connectivity index (χ1) is 12.3. The van der Waals surface area contributed by atoms with Crippen molar-refractivity contribution < 1.29 is 19.5 Å². The molecule has 0 bridgehead atoms. The Hall–Kier alpha value is -2.92. The summed E-state index contributed by atoms with van der Waals surface area (Å²) in [6, 6.07) is 16.8. The second-order valence-electron chi connectivity index (χ2n) is 6.30. The van der Waals surface area contributed by atoms with E-state index < -0.39 is 0 Å². The molecule has 0 amide bonds. The van der Waals surface area contributed by atoms with E-state index in [0.717, 1.165) is 29.5 Å². The van der Waals surface area contributed by atoms with Crippen molar-refractivity contribution in [3.05, 3.63) is 71.5 Å². The maximum Gasteiger partial charge on any atom is 0.231 e. The topological polar surface area (TPSA) is 49.2 Å². The maximum atomic E-state index is 5.60. The lowest BCUT2D eigenvalue weighted by molar-refractivity contribution is -0.702. The zero-order valence-corrected chi connectivity index (χ0v) is 13.9. The van der Waals surface area contributed by atoms with E-state index in [1.165, 1.54) is 16.8 Å². The Morgan fingerprint density at radius 3 is 2.80 bits per heavy atom. The van der Waals surface area contributed by atoms with Crippen LogP contribution in [0.25, 0.3) is 5.69 Å². The van der Waals surface area contributed by atoms with Gasteiger partial charge in [0.25, 0.3) is 0 Å². The van der Waals surface area contributed by atoms with Gasteiger partial charge in [-0.15, -0.1) is 0 Å². The van der Waals surface area contributed by atoms with Crippen molar-refractivity contribution in [3.63, 3.8) is 0 Å². The zero-order valence-electron chi connectivity index (χ0n) is 13.9. The smallest absolute Gasteiger partial charge is 0.231 e. The minimum atomic E-state index is 0.162. The van der Waals surface area contributed by atoms with Crippen molar-refractivity contribution >= 4 is 0 Å². The van der Waals surface area contributed by atoms with Gasteiger partial charge in [0.2, 0.25) is 6.79 Å². The van der Waals surface area contributed by atoms with Crippen molar-refractivity contribution in [1.29, 1.82) is 0 Å². The lowest BCUT2D eigenvalue weighted by Crippen LogP contribution is -2.83. The first-order valence-electron chi connectivity index (χ1n) is 8.41. The summed E-state index contributed by atoms with van der Waals surface area (Å²) in [6.45, 7) is 1.15. The van der Waals surface area contributed by atoms with Crippen molar-refractivity contribution in [3.8, 4) is 22.9 Å². The average Bonchev–Trinajstić information content (AvgIpc) is 3.27. The van der Waals surface area contributed by atoms with Crippen LogP contribution >= 0.6 is 0 Å². The monoisotopic (exact) mass is 335 g/mol. The number of aromatic nitrogens is 1. The Balaban J connectivity index is 1.67. The third-order valence-electron chi connectivity index (χ3n) is 4.98. The highest BCUT2D eigenvalue weighted by atomic mass is 16.7. The van der Waals surface area contributed by atoms with Gasteiger partial charge in [-0.05, 0) is 30.3 Å². The van der Waals surface area contributed by atoms with Gasteiger partial charge in [-0.25, -0.2) is 0 Å². The normalized spacial score (nSPS) is 17.6. The maximum absolute atomic E-state index is 5.60. The Kier molecular flexibility index (Phi) is 3.21. The minimum absolute atomic E-state index is 0.162. The summed E-state index contributed by atoms with van der Waals surface area (Å²) in [5, 5.41) is 2.34. The number of ether oxygens (including phenoxy) is 3. The fraction of sp³-hybridized carbons (Fsp3) is 0.200. The molecule has 0 aliphatic carbocycles. The number of hydrogen-bond donors (Lipinski definition) is 1. The molecule has 1 aromatic heterocycles. The van der Waals surface area contributed by atoms with Gasteiger partial charge >= 0.3 is 0 Å². The summed E-state index contributed by atoms with van der Waals surface area (Å²) < 4.78 is 19.0. The van der Waals surface area contributed by atoms with Gasteiger partial charge < -0.3 is 24.1 Å². The molecule has 0 saturated heterocycles. The highest BCUT2D eigenvalue weighted by molar-refractivity contribution is 5.56. The molecule has 0 unspecified atom stereocenters. The third kappa shape index (κ3) is 2.20. The predicted octanol–water partition coefficient (Wildman–Crippen LogP) is 2.38. The fourth-order valence-corrected chi connectivity index (χ4v) is 3.80. The first-order valence-corrected chi connectivity index (χ1v) is 8.41. The van der Waals surface area contributed by atoms with Crippen molar-refractivity contribution in [1.82, 2.24) is 4.57 Å². The van der Waals surface area contributed by atoms with E-state index >= 15 is 0 Å². The molecular weight excluding hydrogens is 316 g/mol. The summed E-state index contributed by atoms with van der Waals surface area (Å²) in [6.07, 6.45) is 2.11. The molecule has 5 heteroatoms. The average molecular weight is 335 g/mol. The number of benzene rings is 2. The molecule has 5 rings (SSSR count). The number of methoxy groups -OCH3 is 1. The Morgan fingerprint density at radius 1 is 1.08 bits per heavy atom. The van der Waals surface area contributed by atoms with Crippen LogP contribution in [0.1, 0.15) is 22.9 Å². The predicted molar refractivity (Wildman–Crippen MR) is 92.4 cm³/mol. The Labute approximate surface area is 145 Å². The molecule has 2 aromatic carbocycles. The molecule has 2 N–H and O–H groups in total. The zero-order chi connectivity index (χ0) is 16.8. The highest BCUT2D eigenvalue weighted by Crippen LogP contribution is 2.38. The highest BCUT2D eigenvalue weighted by Gasteiger charge is 2.30. The number of quaternary nitrogens is 1. The van der Waals surface area contributed by atoms with Crippen LogP contribution in [-0.2, 0) is 6.54 Å². The summed E-state index contributed by atoms with van der Waals surface area (Å²) >= 11 is 0. The first kappa shape index (κ1) is 14.4. The van der Waals surface area contributed by atoms with Crippen LogP contribution in [0.15, 0.2) is 54.7 Å². The lowest BCUT2D eigenvalue weighted by Gasteiger charge is -2.17. The number of nitrogens with two attached hydrogens (primary N) is 1. The number of hydrogen-bond acceptors (Lipinski definition) is 3. The van der Waals surface area contributed by atoms with Gasteiger partial charge in [0, 0.05) is 17.8 Å². The van der Waals surface area contributed by atoms with Crippen molar-refractivity contribution in [2.45, 2.75) is 12.6 Å². The van der Waals surface area contributed by atoms with Gasteiger partial charge in [-0.2, -0.15) is 0 Å². The molecule has 2 aliphatic heterocycles. The molecule has 3 aromatic rings. The molecule has 0 fully saturated rings. The molecule has 0 saturated carbocycles. The summed E-state index contributed by atoms with van der Waals surface area (Å²) in [7, 11) is 1.72. The SMILES string of the molecule is COc1ccccc1[C@@H]1[NH2+]Cc2cc3c(cc2-n2cccc21)OCO3. The van der Waals surface area contributed by atoms with Crippen molar-refractivity contribution in [2.75, 3.05) is 13.9 Å². The van der Waals surface area contributed by atoms with Crippen molar-refractivity contribution in [2.24, 2.45) is 0 Å². The second-order valence-corrected chi connectivity index (χ2v) is 6.30. The van der Waals surface area contributed by atoms with Gasteiger partial charge in [-0.3, -0.25) is 0 Å². The van der Waals surface area contributed by atoms with Crippen LogP contribution < -0.4 is 19.5 Å². The van der Waals surface area contributed by atoms with Crippen LogP contribution in [0.3, 0.4) is 0 Å². The van der Waals surface area contributed by atoms with Crippen LogP contribution in [0.4, 0.5) is 0 Å². The minimum Gasteiger partial charge on any atom is -0.496 e. The molecule has 5 nitrogen and oxygen atoms in total. The molecule has 0 spiro atoms. The molecule has 1 atom stereocenters. The van der Waals surface area contributed by atoms with E-state index in [9.17, 15) is 0 Å². The summed E-state index contributed by atoms with van der Waals surface area (Å²) in [4.78, 5) is 0. The summed E-state index contributed by atoms with van der Waals surface area (Å²) in [5.74, 6) is 2.56. The van der Waals surface area contributed by atoms with E-state index in [0.29, 0.717) is 6.79 Å².